The fraction of sp³-hybridized carbons (Fsp3) is 0.100. The van der Waals surface area contributed by atoms with Gasteiger partial charge in [-0.1, -0.05) is 27.7 Å². The van der Waals surface area contributed by atoms with Crippen molar-refractivity contribution in [3.63, 3.8) is 0 Å². The molecule has 2 rings (SSSR count). The van der Waals surface area contributed by atoms with Crippen LogP contribution in [0.3, 0.4) is 0 Å². The van der Waals surface area contributed by atoms with Gasteiger partial charge < -0.3 is 10.9 Å². The third kappa shape index (κ3) is 3.39. The Bertz CT molecular complexity index is 634. The normalized spacial score (nSPS) is 10.6. The predicted octanol–water partition coefficient (Wildman–Crippen LogP) is 2.20. The zero-order valence-corrected chi connectivity index (χ0v) is 13.9. The number of carboxylic acids is 1. The quantitative estimate of drug-likeness (QED) is 0.418. The summed E-state index contributed by atoms with van der Waals surface area (Å²) >= 11 is 6.60. The Kier molecular flexibility index (Phi) is 4.68. The SMILES string of the molecule is Nn1c(SCC(=O)O)nnc1-c1cc(Br)ccc1I. The highest BCUT2D eigenvalue weighted by Gasteiger charge is 2.15. The van der Waals surface area contributed by atoms with Crippen LogP contribution in [0.4, 0.5) is 0 Å². The minimum Gasteiger partial charge on any atom is -0.481 e. The molecule has 3 N–H and O–H groups in total. The number of rotatable bonds is 4. The van der Waals surface area contributed by atoms with E-state index in [9.17, 15) is 4.79 Å². The second-order valence-corrected chi connectivity index (χ2v) is 6.50. The number of nitrogens with two attached hydrogens (primary N) is 1. The van der Waals surface area contributed by atoms with Crippen LogP contribution in [0.1, 0.15) is 0 Å². The van der Waals surface area contributed by atoms with Gasteiger partial charge in [-0.15, -0.1) is 10.2 Å². The molecule has 0 unspecified atom stereocenters. The van der Waals surface area contributed by atoms with Crippen molar-refractivity contribution in [1.29, 1.82) is 0 Å². The van der Waals surface area contributed by atoms with Crippen LogP contribution in [-0.4, -0.2) is 31.7 Å². The molecule has 2 aromatic rings. The van der Waals surface area contributed by atoms with Gasteiger partial charge in [0.25, 0.3) is 0 Å². The molecule has 0 atom stereocenters. The molecule has 1 aromatic carbocycles. The number of nitrogens with zero attached hydrogens (tertiary/aromatic N) is 3. The van der Waals surface area contributed by atoms with Crippen LogP contribution >= 0.6 is 50.3 Å². The van der Waals surface area contributed by atoms with Crippen molar-refractivity contribution >= 4 is 56.3 Å². The number of hydrogen-bond donors (Lipinski definition) is 2. The summed E-state index contributed by atoms with van der Waals surface area (Å²) < 4.78 is 3.19. The molecule has 0 amide bonds. The van der Waals surface area contributed by atoms with E-state index in [1.807, 2.05) is 18.2 Å². The first-order valence-corrected chi connectivity index (χ1v) is 7.85. The molecule has 19 heavy (non-hydrogen) atoms. The van der Waals surface area contributed by atoms with Crippen LogP contribution in [0.5, 0.6) is 0 Å². The van der Waals surface area contributed by atoms with Crippen molar-refractivity contribution < 1.29 is 9.90 Å². The lowest BCUT2D eigenvalue weighted by Crippen LogP contribution is -2.13. The second kappa shape index (κ2) is 6.09. The Hall–Kier alpha value is -0.810. The van der Waals surface area contributed by atoms with Gasteiger partial charge in [-0.3, -0.25) is 4.79 Å². The number of aliphatic carboxylic acids is 1. The Labute approximate surface area is 135 Å². The molecule has 0 radical (unpaired) electrons. The van der Waals surface area contributed by atoms with Crippen LogP contribution in [-0.2, 0) is 4.79 Å². The first-order valence-electron chi connectivity index (χ1n) is 4.99. The lowest BCUT2D eigenvalue weighted by atomic mass is 10.2. The van der Waals surface area contributed by atoms with Crippen LogP contribution in [0.25, 0.3) is 11.4 Å². The third-order valence-electron chi connectivity index (χ3n) is 2.16. The van der Waals surface area contributed by atoms with E-state index >= 15 is 0 Å². The maximum absolute atomic E-state index is 10.5. The van der Waals surface area contributed by atoms with E-state index < -0.39 is 5.97 Å². The van der Waals surface area contributed by atoms with Crippen molar-refractivity contribution in [1.82, 2.24) is 14.9 Å². The van der Waals surface area contributed by atoms with Gasteiger partial charge in [0.1, 0.15) is 0 Å². The zero-order chi connectivity index (χ0) is 14.0. The molecular weight excluding hydrogens is 447 g/mol. The summed E-state index contributed by atoms with van der Waals surface area (Å²) in [4.78, 5) is 10.5. The summed E-state index contributed by atoms with van der Waals surface area (Å²) in [5, 5.41) is 16.9. The Balaban J connectivity index is 2.36. The number of carbonyl (C=O) groups is 1. The molecule has 1 heterocycles. The minimum atomic E-state index is -0.924. The smallest absolute Gasteiger partial charge is 0.313 e. The van der Waals surface area contributed by atoms with Gasteiger partial charge in [0, 0.05) is 13.6 Å². The summed E-state index contributed by atoms with van der Waals surface area (Å²) in [5.41, 5.74) is 0.840. The first-order chi connectivity index (χ1) is 8.99. The van der Waals surface area contributed by atoms with Crippen LogP contribution in [0, 0.1) is 3.57 Å². The Morgan fingerprint density at radius 2 is 2.26 bits per heavy atom. The van der Waals surface area contributed by atoms with E-state index in [2.05, 4.69) is 48.7 Å². The molecule has 0 aliphatic carbocycles. The zero-order valence-electron chi connectivity index (χ0n) is 9.38. The molecule has 6 nitrogen and oxygen atoms in total. The van der Waals surface area contributed by atoms with Crippen LogP contribution < -0.4 is 5.84 Å². The number of hydrogen-bond acceptors (Lipinski definition) is 5. The van der Waals surface area contributed by atoms with Crippen LogP contribution in [0.2, 0.25) is 0 Å². The van der Waals surface area contributed by atoms with Crippen molar-refractivity contribution in [2.75, 3.05) is 11.6 Å². The van der Waals surface area contributed by atoms with Gasteiger partial charge in [-0.2, -0.15) is 0 Å². The molecule has 0 spiro atoms. The Morgan fingerprint density at radius 1 is 1.53 bits per heavy atom. The average Bonchev–Trinajstić information content (AvgIpc) is 2.71. The number of carboxylic acid groups (broad SMARTS) is 1. The number of thioether (sulfide) groups is 1. The second-order valence-electron chi connectivity index (χ2n) is 3.48. The molecule has 0 aliphatic heterocycles. The maximum atomic E-state index is 10.5. The summed E-state index contributed by atoms with van der Waals surface area (Å²) in [6.45, 7) is 0. The van der Waals surface area contributed by atoms with Crippen LogP contribution in [0.15, 0.2) is 27.8 Å². The first kappa shape index (κ1) is 14.6. The maximum Gasteiger partial charge on any atom is 0.313 e. The Morgan fingerprint density at radius 3 is 2.95 bits per heavy atom. The van der Waals surface area contributed by atoms with Crippen molar-refractivity contribution in [3.05, 3.63) is 26.2 Å². The largest absolute Gasteiger partial charge is 0.481 e. The third-order valence-corrected chi connectivity index (χ3v) is 4.52. The van der Waals surface area contributed by atoms with Crippen molar-refractivity contribution in [3.8, 4) is 11.4 Å². The highest BCUT2D eigenvalue weighted by atomic mass is 127. The van der Waals surface area contributed by atoms with E-state index in [0.29, 0.717) is 11.0 Å². The fourth-order valence-electron chi connectivity index (χ4n) is 1.35. The van der Waals surface area contributed by atoms with Gasteiger partial charge in [-0.05, 0) is 40.8 Å². The number of benzene rings is 1. The van der Waals surface area contributed by atoms with Gasteiger partial charge >= 0.3 is 5.97 Å². The highest BCUT2D eigenvalue weighted by Crippen LogP contribution is 2.28. The number of aromatic nitrogens is 3. The van der Waals surface area contributed by atoms with Gasteiger partial charge in [0.05, 0.1) is 5.75 Å². The van der Waals surface area contributed by atoms with E-state index in [-0.39, 0.29) is 5.75 Å². The summed E-state index contributed by atoms with van der Waals surface area (Å²) in [5.74, 6) is 5.37. The summed E-state index contributed by atoms with van der Waals surface area (Å²) in [6, 6.07) is 5.74. The standard InChI is InChI=1S/C10H8BrIN4O2S/c11-5-1-2-7(12)6(3-5)9-14-15-10(16(9)13)19-4-8(17)18/h1-3H,4,13H2,(H,17,18). The topological polar surface area (TPSA) is 94.0 Å². The van der Waals surface area contributed by atoms with Gasteiger partial charge in [-0.25, -0.2) is 4.68 Å². The molecule has 1 aromatic heterocycles. The summed E-state index contributed by atoms with van der Waals surface area (Å²) in [6.07, 6.45) is 0. The monoisotopic (exact) mass is 454 g/mol. The van der Waals surface area contributed by atoms with E-state index in [0.717, 1.165) is 25.4 Å². The molecule has 9 heteroatoms. The van der Waals surface area contributed by atoms with Crippen molar-refractivity contribution in [2.45, 2.75) is 5.16 Å². The summed E-state index contributed by atoms with van der Waals surface area (Å²) in [7, 11) is 0. The fourth-order valence-corrected chi connectivity index (χ4v) is 2.87. The molecule has 0 fully saturated rings. The lowest BCUT2D eigenvalue weighted by molar-refractivity contribution is -0.133. The van der Waals surface area contributed by atoms with E-state index in [4.69, 9.17) is 10.9 Å². The lowest BCUT2D eigenvalue weighted by Gasteiger charge is -2.05. The molecule has 0 bridgehead atoms. The van der Waals surface area contributed by atoms with E-state index in [1.165, 1.54) is 4.68 Å². The average molecular weight is 455 g/mol. The van der Waals surface area contributed by atoms with Gasteiger partial charge in [0.15, 0.2) is 5.82 Å². The van der Waals surface area contributed by atoms with Gasteiger partial charge in [0.2, 0.25) is 5.16 Å². The molecule has 100 valence electrons. The number of halogens is 2. The van der Waals surface area contributed by atoms with E-state index in [1.54, 1.807) is 0 Å². The minimum absolute atomic E-state index is 0.106. The predicted molar refractivity (Wildman–Crippen MR) is 84.4 cm³/mol. The van der Waals surface area contributed by atoms with Crippen molar-refractivity contribution in [2.24, 2.45) is 0 Å². The molecule has 0 saturated heterocycles. The molecule has 0 saturated carbocycles. The highest BCUT2D eigenvalue weighted by molar-refractivity contribution is 14.1. The number of nitrogen functional groups attached to an aromatic ring is 1. The molecule has 0 aliphatic rings. The molecular formula is C10H8BrIN4O2S.